The SMILES string of the molecule is CNC(=O)C(C)CN(C)C(=O)Nc1ccc(CC#N)cc1. The number of nitriles is 1. The molecule has 6 nitrogen and oxygen atoms in total. The topological polar surface area (TPSA) is 85.2 Å². The summed E-state index contributed by atoms with van der Waals surface area (Å²) in [6.45, 7) is 2.09. The van der Waals surface area contributed by atoms with E-state index < -0.39 is 0 Å². The van der Waals surface area contributed by atoms with Crippen LogP contribution in [-0.4, -0.2) is 37.5 Å². The number of benzene rings is 1. The van der Waals surface area contributed by atoms with E-state index in [9.17, 15) is 9.59 Å². The predicted molar refractivity (Wildman–Crippen MR) is 80.6 cm³/mol. The van der Waals surface area contributed by atoms with E-state index in [-0.39, 0.29) is 17.9 Å². The Balaban J connectivity index is 2.56. The summed E-state index contributed by atoms with van der Waals surface area (Å²) in [4.78, 5) is 24.9. The van der Waals surface area contributed by atoms with Crippen molar-refractivity contribution in [3.8, 4) is 6.07 Å². The van der Waals surface area contributed by atoms with E-state index in [1.807, 2.05) is 0 Å². The first-order chi connectivity index (χ1) is 9.97. The fraction of sp³-hybridized carbons (Fsp3) is 0.400. The van der Waals surface area contributed by atoms with Gasteiger partial charge in [-0.2, -0.15) is 5.26 Å². The summed E-state index contributed by atoms with van der Waals surface area (Å²) in [5, 5.41) is 13.9. The lowest BCUT2D eigenvalue weighted by Gasteiger charge is -2.21. The maximum Gasteiger partial charge on any atom is 0.321 e. The van der Waals surface area contributed by atoms with Crippen LogP contribution in [0.1, 0.15) is 12.5 Å². The number of hydrogen-bond donors (Lipinski definition) is 2. The van der Waals surface area contributed by atoms with Gasteiger partial charge in [0.25, 0.3) is 0 Å². The zero-order chi connectivity index (χ0) is 15.8. The predicted octanol–water partition coefficient (Wildman–Crippen LogP) is 1.60. The molecule has 0 spiro atoms. The second-order valence-corrected chi connectivity index (χ2v) is 4.86. The Morgan fingerprint density at radius 1 is 1.33 bits per heavy atom. The molecule has 1 atom stereocenters. The Morgan fingerprint density at radius 2 is 1.95 bits per heavy atom. The number of rotatable bonds is 5. The summed E-state index contributed by atoms with van der Waals surface area (Å²) >= 11 is 0. The standard InChI is InChI=1S/C15H20N4O2/c1-11(14(20)17-2)10-19(3)15(21)18-13-6-4-12(5-7-13)8-9-16/h4-7,11H,8,10H2,1-3H3,(H,17,20)(H,18,21). The lowest BCUT2D eigenvalue weighted by atomic mass is 10.1. The minimum Gasteiger partial charge on any atom is -0.359 e. The molecule has 0 saturated carbocycles. The van der Waals surface area contributed by atoms with Crippen LogP contribution in [0.4, 0.5) is 10.5 Å². The number of carbonyl (C=O) groups is 2. The van der Waals surface area contributed by atoms with Gasteiger partial charge in [-0.1, -0.05) is 19.1 Å². The highest BCUT2D eigenvalue weighted by Gasteiger charge is 2.17. The van der Waals surface area contributed by atoms with Gasteiger partial charge in [-0.05, 0) is 17.7 Å². The molecule has 0 heterocycles. The zero-order valence-electron chi connectivity index (χ0n) is 12.5. The molecule has 1 rings (SSSR count). The van der Waals surface area contributed by atoms with Crippen LogP contribution in [0.25, 0.3) is 0 Å². The second kappa shape index (κ2) is 7.90. The van der Waals surface area contributed by atoms with Gasteiger partial charge in [-0.15, -0.1) is 0 Å². The maximum atomic E-state index is 12.0. The first kappa shape index (κ1) is 16.5. The number of nitrogens with zero attached hydrogens (tertiary/aromatic N) is 2. The van der Waals surface area contributed by atoms with E-state index in [0.717, 1.165) is 5.56 Å². The van der Waals surface area contributed by atoms with Crippen molar-refractivity contribution in [3.63, 3.8) is 0 Å². The molecule has 112 valence electrons. The van der Waals surface area contributed by atoms with Crippen LogP contribution in [0.15, 0.2) is 24.3 Å². The van der Waals surface area contributed by atoms with Gasteiger partial charge in [-0.3, -0.25) is 4.79 Å². The number of hydrogen-bond acceptors (Lipinski definition) is 3. The minimum atomic E-state index is -0.279. The van der Waals surface area contributed by atoms with Crippen LogP contribution in [-0.2, 0) is 11.2 Å². The van der Waals surface area contributed by atoms with Crippen molar-refractivity contribution >= 4 is 17.6 Å². The van der Waals surface area contributed by atoms with Crippen LogP contribution in [0.3, 0.4) is 0 Å². The number of amides is 3. The van der Waals surface area contributed by atoms with Crippen molar-refractivity contribution in [3.05, 3.63) is 29.8 Å². The van der Waals surface area contributed by atoms with Gasteiger partial charge in [0.1, 0.15) is 0 Å². The molecule has 0 radical (unpaired) electrons. The van der Waals surface area contributed by atoms with Crippen molar-refractivity contribution in [1.29, 1.82) is 5.26 Å². The van der Waals surface area contributed by atoms with Crippen LogP contribution in [0.5, 0.6) is 0 Å². The van der Waals surface area contributed by atoms with Crippen LogP contribution < -0.4 is 10.6 Å². The van der Waals surface area contributed by atoms with Crippen molar-refractivity contribution in [2.45, 2.75) is 13.3 Å². The number of anilines is 1. The summed E-state index contributed by atoms with van der Waals surface area (Å²) < 4.78 is 0. The molecule has 0 aliphatic rings. The van der Waals surface area contributed by atoms with Gasteiger partial charge in [0.05, 0.1) is 18.4 Å². The highest BCUT2D eigenvalue weighted by Crippen LogP contribution is 2.11. The largest absolute Gasteiger partial charge is 0.359 e. The van der Waals surface area contributed by atoms with Gasteiger partial charge in [0.2, 0.25) is 5.91 Å². The quantitative estimate of drug-likeness (QED) is 0.863. The first-order valence-electron chi connectivity index (χ1n) is 6.67. The minimum absolute atomic E-state index is 0.101. The molecule has 0 aromatic heterocycles. The Kier molecular flexibility index (Phi) is 6.21. The monoisotopic (exact) mass is 288 g/mol. The molecular formula is C15H20N4O2. The third-order valence-corrected chi connectivity index (χ3v) is 3.08. The van der Waals surface area contributed by atoms with Crippen LogP contribution >= 0.6 is 0 Å². The molecule has 0 aliphatic carbocycles. The Hall–Kier alpha value is -2.55. The highest BCUT2D eigenvalue weighted by molar-refractivity contribution is 5.89. The van der Waals surface area contributed by atoms with E-state index in [0.29, 0.717) is 18.7 Å². The first-order valence-corrected chi connectivity index (χ1v) is 6.67. The maximum absolute atomic E-state index is 12.0. The second-order valence-electron chi connectivity index (χ2n) is 4.86. The van der Waals surface area contributed by atoms with Crippen molar-refractivity contribution in [2.75, 3.05) is 26.0 Å². The molecule has 6 heteroatoms. The molecule has 0 saturated heterocycles. The fourth-order valence-electron chi connectivity index (χ4n) is 1.84. The number of carbonyl (C=O) groups excluding carboxylic acids is 2. The van der Waals surface area contributed by atoms with Gasteiger partial charge >= 0.3 is 6.03 Å². The molecule has 0 aliphatic heterocycles. The molecule has 0 bridgehead atoms. The molecular weight excluding hydrogens is 268 g/mol. The van der Waals surface area contributed by atoms with Crippen molar-refractivity contribution in [2.24, 2.45) is 5.92 Å². The summed E-state index contributed by atoms with van der Waals surface area (Å²) in [6, 6.07) is 8.88. The summed E-state index contributed by atoms with van der Waals surface area (Å²) in [5.41, 5.74) is 1.55. The molecule has 2 N–H and O–H groups in total. The Bertz CT molecular complexity index is 534. The zero-order valence-corrected chi connectivity index (χ0v) is 12.5. The summed E-state index contributed by atoms with van der Waals surface area (Å²) in [5.74, 6) is -0.376. The summed E-state index contributed by atoms with van der Waals surface area (Å²) in [7, 11) is 3.21. The number of urea groups is 1. The van der Waals surface area contributed by atoms with Crippen molar-refractivity contribution in [1.82, 2.24) is 10.2 Å². The Morgan fingerprint density at radius 3 is 2.48 bits per heavy atom. The van der Waals surface area contributed by atoms with E-state index in [1.54, 1.807) is 45.3 Å². The van der Waals surface area contributed by atoms with Crippen molar-refractivity contribution < 1.29 is 9.59 Å². The smallest absolute Gasteiger partial charge is 0.321 e. The molecule has 1 aromatic rings. The molecule has 21 heavy (non-hydrogen) atoms. The van der Waals surface area contributed by atoms with Crippen LogP contribution in [0, 0.1) is 17.2 Å². The summed E-state index contributed by atoms with van der Waals surface area (Å²) in [6.07, 6.45) is 0.345. The van der Waals surface area contributed by atoms with E-state index in [2.05, 4.69) is 16.7 Å². The van der Waals surface area contributed by atoms with Gasteiger partial charge < -0.3 is 15.5 Å². The van der Waals surface area contributed by atoms with Gasteiger partial charge in [-0.25, -0.2) is 4.79 Å². The average Bonchev–Trinajstić information content (AvgIpc) is 2.48. The van der Waals surface area contributed by atoms with Crippen LogP contribution in [0.2, 0.25) is 0 Å². The van der Waals surface area contributed by atoms with E-state index in [4.69, 9.17) is 5.26 Å². The third kappa shape index (κ3) is 5.15. The van der Waals surface area contributed by atoms with E-state index in [1.165, 1.54) is 4.90 Å². The lowest BCUT2D eigenvalue weighted by Crippen LogP contribution is -2.39. The van der Waals surface area contributed by atoms with Gasteiger partial charge in [0.15, 0.2) is 0 Å². The molecule has 1 aromatic carbocycles. The highest BCUT2D eigenvalue weighted by atomic mass is 16.2. The third-order valence-electron chi connectivity index (χ3n) is 3.08. The lowest BCUT2D eigenvalue weighted by molar-refractivity contribution is -0.124. The fourth-order valence-corrected chi connectivity index (χ4v) is 1.84. The molecule has 3 amide bonds. The Labute approximate surface area is 124 Å². The molecule has 1 unspecified atom stereocenters. The normalized spacial score (nSPS) is 11.1. The van der Waals surface area contributed by atoms with E-state index >= 15 is 0 Å². The number of nitrogens with one attached hydrogen (secondary N) is 2. The molecule has 0 fully saturated rings. The van der Waals surface area contributed by atoms with Gasteiger partial charge in [0, 0.05) is 26.3 Å². The average molecular weight is 288 g/mol.